The Morgan fingerprint density at radius 3 is 2.50 bits per heavy atom. The number of nitrogens with two attached hydrogens (primary N) is 3. The van der Waals surface area contributed by atoms with Crippen LogP contribution in [0.5, 0.6) is 0 Å². The number of anilines is 1. The quantitative estimate of drug-likeness (QED) is 0.490. The molecule has 1 aliphatic rings. The highest BCUT2D eigenvalue weighted by Gasteiger charge is 2.32. The van der Waals surface area contributed by atoms with Crippen molar-refractivity contribution in [2.75, 3.05) is 11.6 Å². The Morgan fingerprint density at radius 1 is 1.42 bits per heavy atom. The maximum absolute atomic E-state index is 5.86. The molecular formula is C6H12N6. The van der Waals surface area contributed by atoms with Gasteiger partial charge in [0.15, 0.2) is 5.82 Å². The molecule has 6 N–H and O–H groups in total. The fourth-order valence-electron chi connectivity index (χ4n) is 1.21. The summed E-state index contributed by atoms with van der Waals surface area (Å²) in [7, 11) is 0. The molecule has 0 spiro atoms. The van der Waals surface area contributed by atoms with Crippen LogP contribution in [0.4, 0.5) is 5.95 Å². The van der Waals surface area contributed by atoms with Crippen LogP contribution in [0.3, 0.4) is 0 Å². The van der Waals surface area contributed by atoms with E-state index in [9.17, 15) is 0 Å². The fraction of sp³-hybridized carbons (Fsp3) is 0.667. The summed E-state index contributed by atoms with van der Waals surface area (Å²) < 4.78 is 1.25. The molecule has 0 radical (unpaired) electrons. The summed E-state index contributed by atoms with van der Waals surface area (Å²) in [4.78, 5) is 0. The third-order valence-corrected chi connectivity index (χ3v) is 2.18. The first-order valence-corrected chi connectivity index (χ1v) is 3.91. The van der Waals surface area contributed by atoms with Crippen molar-refractivity contribution in [2.24, 2.45) is 11.7 Å². The minimum Gasteiger partial charge on any atom is -0.366 e. The van der Waals surface area contributed by atoms with Gasteiger partial charge in [-0.2, -0.15) is 0 Å². The number of rotatable bonds is 2. The predicted octanol–water partition coefficient (Wildman–Crippen LogP) is -1.02. The monoisotopic (exact) mass is 168 g/mol. The lowest BCUT2D eigenvalue weighted by Gasteiger charge is -2.07. The summed E-state index contributed by atoms with van der Waals surface area (Å²) in [6.45, 7) is 0. The van der Waals surface area contributed by atoms with E-state index in [-0.39, 0.29) is 12.0 Å². The molecule has 0 bridgehead atoms. The molecule has 66 valence electrons. The standard InChI is InChI=1S/C6H12N6/c7-4(3-1-2-3)5-10-11-6(8)12(5)9/h3-4H,1-2,7,9H2,(H2,8,11). The molecule has 1 aliphatic carbocycles. The van der Waals surface area contributed by atoms with Crippen molar-refractivity contribution in [3.8, 4) is 0 Å². The third kappa shape index (κ3) is 1.00. The lowest BCUT2D eigenvalue weighted by Crippen LogP contribution is -2.23. The van der Waals surface area contributed by atoms with Crippen LogP contribution in [0.15, 0.2) is 0 Å². The second-order valence-electron chi connectivity index (χ2n) is 3.15. The normalized spacial score (nSPS) is 19.4. The zero-order valence-corrected chi connectivity index (χ0v) is 6.64. The largest absolute Gasteiger partial charge is 0.366 e. The second kappa shape index (κ2) is 2.34. The van der Waals surface area contributed by atoms with Gasteiger partial charge >= 0.3 is 0 Å². The van der Waals surface area contributed by atoms with Gasteiger partial charge in [0.1, 0.15) is 0 Å². The van der Waals surface area contributed by atoms with Crippen LogP contribution >= 0.6 is 0 Å². The van der Waals surface area contributed by atoms with E-state index in [1.165, 1.54) is 4.68 Å². The summed E-state index contributed by atoms with van der Waals surface area (Å²) in [5.41, 5.74) is 11.3. The molecule has 2 rings (SSSR count). The molecule has 6 heteroatoms. The van der Waals surface area contributed by atoms with Gasteiger partial charge < -0.3 is 17.3 Å². The first kappa shape index (κ1) is 7.35. The number of aromatic nitrogens is 3. The van der Waals surface area contributed by atoms with Crippen molar-refractivity contribution < 1.29 is 0 Å². The Morgan fingerprint density at radius 2 is 2.08 bits per heavy atom. The minimum absolute atomic E-state index is 0.111. The highest BCUT2D eigenvalue weighted by molar-refractivity contribution is 5.19. The topological polar surface area (TPSA) is 109 Å². The van der Waals surface area contributed by atoms with E-state index in [1.54, 1.807) is 0 Å². The van der Waals surface area contributed by atoms with E-state index in [2.05, 4.69) is 10.2 Å². The SMILES string of the molecule is Nc1nnc(C(N)C2CC2)n1N. The maximum Gasteiger partial charge on any atom is 0.240 e. The van der Waals surface area contributed by atoms with Gasteiger partial charge in [0.2, 0.25) is 5.95 Å². The van der Waals surface area contributed by atoms with E-state index < -0.39 is 0 Å². The van der Waals surface area contributed by atoms with Crippen LogP contribution in [0.2, 0.25) is 0 Å². The van der Waals surface area contributed by atoms with Crippen LogP contribution < -0.4 is 17.3 Å². The molecule has 1 atom stereocenters. The van der Waals surface area contributed by atoms with Crippen molar-refractivity contribution >= 4 is 5.95 Å². The molecule has 1 fully saturated rings. The average Bonchev–Trinajstić information content (AvgIpc) is 2.82. The average molecular weight is 168 g/mol. The highest BCUT2D eigenvalue weighted by atomic mass is 15.4. The number of nitrogen functional groups attached to an aromatic ring is 2. The molecule has 0 saturated heterocycles. The van der Waals surface area contributed by atoms with Crippen molar-refractivity contribution in [1.29, 1.82) is 0 Å². The molecule has 1 unspecified atom stereocenters. The van der Waals surface area contributed by atoms with Gasteiger partial charge in [-0.15, -0.1) is 10.2 Å². The van der Waals surface area contributed by atoms with Gasteiger partial charge in [-0.3, -0.25) is 0 Å². The van der Waals surface area contributed by atoms with Gasteiger partial charge in [0.05, 0.1) is 6.04 Å². The second-order valence-corrected chi connectivity index (χ2v) is 3.15. The number of hydrogen-bond acceptors (Lipinski definition) is 5. The third-order valence-electron chi connectivity index (χ3n) is 2.18. The maximum atomic E-state index is 5.86. The molecule has 1 aromatic rings. The summed E-state index contributed by atoms with van der Waals surface area (Å²) in [6, 6.07) is -0.111. The van der Waals surface area contributed by atoms with Crippen LogP contribution in [0.25, 0.3) is 0 Å². The van der Waals surface area contributed by atoms with Gasteiger partial charge in [0, 0.05) is 0 Å². The van der Waals surface area contributed by atoms with Crippen LogP contribution in [0.1, 0.15) is 24.7 Å². The molecule has 6 nitrogen and oxygen atoms in total. The zero-order chi connectivity index (χ0) is 8.72. The lowest BCUT2D eigenvalue weighted by molar-refractivity contribution is 0.576. The Balaban J connectivity index is 2.25. The van der Waals surface area contributed by atoms with Gasteiger partial charge in [-0.05, 0) is 18.8 Å². The van der Waals surface area contributed by atoms with E-state index >= 15 is 0 Å². The number of nitrogens with zero attached hydrogens (tertiary/aromatic N) is 3. The van der Waals surface area contributed by atoms with E-state index in [1.807, 2.05) is 0 Å². The molecule has 0 amide bonds. The minimum atomic E-state index is -0.111. The molecular weight excluding hydrogens is 156 g/mol. The van der Waals surface area contributed by atoms with Crippen LogP contribution in [0, 0.1) is 5.92 Å². The fourth-order valence-corrected chi connectivity index (χ4v) is 1.21. The Bertz CT molecular complexity index is 288. The molecule has 1 aromatic heterocycles. The van der Waals surface area contributed by atoms with E-state index in [0.717, 1.165) is 12.8 Å². The summed E-state index contributed by atoms with van der Waals surface area (Å²) >= 11 is 0. The van der Waals surface area contributed by atoms with Gasteiger partial charge in [-0.1, -0.05) is 0 Å². The summed E-state index contributed by atoms with van der Waals surface area (Å²) in [5.74, 6) is 6.85. The van der Waals surface area contributed by atoms with Gasteiger partial charge in [0.25, 0.3) is 0 Å². The molecule has 1 heterocycles. The highest BCUT2D eigenvalue weighted by Crippen LogP contribution is 2.38. The molecule has 0 aromatic carbocycles. The predicted molar refractivity (Wildman–Crippen MR) is 44.2 cm³/mol. The Hall–Kier alpha value is -1.30. The Kier molecular flexibility index (Phi) is 1.44. The van der Waals surface area contributed by atoms with Crippen LogP contribution in [-0.2, 0) is 0 Å². The van der Waals surface area contributed by atoms with Crippen molar-refractivity contribution in [2.45, 2.75) is 18.9 Å². The molecule has 12 heavy (non-hydrogen) atoms. The first-order valence-electron chi connectivity index (χ1n) is 3.91. The lowest BCUT2D eigenvalue weighted by atomic mass is 10.2. The Labute approximate surface area is 69.7 Å². The smallest absolute Gasteiger partial charge is 0.240 e. The summed E-state index contributed by atoms with van der Waals surface area (Å²) in [6.07, 6.45) is 2.29. The zero-order valence-electron chi connectivity index (χ0n) is 6.64. The van der Waals surface area contributed by atoms with E-state index in [4.69, 9.17) is 17.3 Å². The first-order chi connectivity index (χ1) is 5.70. The molecule has 1 saturated carbocycles. The van der Waals surface area contributed by atoms with Crippen LogP contribution in [-0.4, -0.2) is 14.9 Å². The molecule has 0 aliphatic heterocycles. The van der Waals surface area contributed by atoms with Gasteiger partial charge in [-0.25, -0.2) is 4.68 Å². The van der Waals surface area contributed by atoms with Crippen molar-refractivity contribution in [3.05, 3.63) is 5.82 Å². The number of hydrogen-bond donors (Lipinski definition) is 3. The summed E-state index contributed by atoms with van der Waals surface area (Å²) in [5, 5.41) is 7.45. The van der Waals surface area contributed by atoms with E-state index in [0.29, 0.717) is 11.7 Å². The van der Waals surface area contributed by atoms with Crippen molar-refractivity contribution in [3.63, 3.8) is 0 Å². The van der Waals surface area contributed by atoms with Crippen molar-refractivity contribution in [1.82, 2.24) is 14.9 Å².